The summed E-state index contributed by atoms with van der Waals surface area (Å²) in [4.78, 5) is 0. The molecule has 0 aliphatic carbocycles. The molecule has 0 radical (unpaired) electrons. The summed E-state index contributed by atoms with van der Waals surface area (Å²) in [5.74, 6) is -0.938. The Labute approximate surface area is 84.3 Å². The third-order valence-corrected chi connectivity index (χ3v) is 1.59. The van der Waals surface area contributed by atoms with Crippen molar-refractivity contribution in [3.8, 4) is 0 Å². The Morgan fingerprint density at radius 2 is 1.64 bits per heavy atom. The van der Waals surface area contributed by atoms with E-state index in [1.54, 1.807) is 0 Å². The number of hydrogen-bond donors (Lipinski definition) is 1. The number of rotatable bonds is 1. The molecule has 80 valence electrons. The quantitative estimate of drug-likeness (QED) is 0.737. The summed E-state index contributed by atoms with van der Waals surface area (Å²) in [6, 6.07) is 2.33. The van der Waals surface area contributed by atoms with Gasteiger partial charge in [-0.2, -0.15) is 13.2 Å². The molecule has 0 fully saturated rings. The fourth-order valence-electron chi connectivity index (χ4n) is 0.904. The van der Waals surface area contributed by atoms with E-state index in [0.717, 1.165) is 12.1 Å². The second kappa shape index (κ2) is 4.61. The van der Waals surface area contributed by atoms with Crippen LogP contribution in [0.4, 0.5) is 17.6 Å². The maximum Gasteiger partial charge on any atom is 0.407 e. The van der Waals surface area contributed by atoms with Gasteiger partial charge in [0.25, 0.3) is 0 Å². The van der Waals surface area contributed by atoms with Crippen LogP contribution in [0.5, 0.6) is 0 Å². The van der Waals surface area contributed by atoms with Crippen LogP contribution >= 0.6 is 12.4 Å². The van der Waals surface area contributed by atoms with Crippen molar-refractivity contribution < 1.29 is 17.6 Å². The second-order valence-electron chi connectivity index (χ2n) is 2.54. The highest BCUT2D eigenvalue weighted by molar-refractivity contribution is 5.85. The first-order chi connectivity index (χ1) is 5.93. The lowest BCUT2D eigenvalue weighted by atomic mass is 10.1. The highest BCUT2D eigenvalue weighted by Crippen LogP contribution is 2.31. The average Bonchev–Trinajstić information content (AvgIpc) is 2.02. The summed E-state index contributed by atoms with van der Waals surface area (Å²) in [5, 5.41) is 0. The molecule has 0 spiro atoms. The Morgan fingerprint density at radius 1 is 1.14 bits per heavy atom. The zero-order valence-electron chi connectivity index (χ0n) is 6.88. The van der Waals surface area contributed by atoms with E-state index in [2.05, 4.69) is 0 Å². The van der Waals surface area contributed by atoms with E-state index in [0.29, 0.717) is 0 Å². The molecule has 0 saturated carbocycles. The fourth-order valence-corrected chi connectivity index (χ4v) is 0.904. The van der Waals surface area contributed by atoms with Crippen molar-refractivity contribution in [3.05, 3.63) is 35.6 Å². The Balaban J connectivity index is 0.00000169. The van der Waals surface area contributed by atoms with Gasteiger partial charge < -0.3 is 5.73 Å². The van der Waals surface area contributed by atoms with Gasteiger partial charge in [-0.25, -0.2) is 4.39 Å². The number of alkyl halides is 3. The summed E-state index contributed by atoms with van der Waals surface area (Å²) in [6.45, 7) is 0. The van der Waals surface area contributed by atoms with Crippen LogP contribution in [0.25, 0.3) is 0 Å². The molecular formula is C8H8ClF4N. The lowest BCUT2D eigenvalue weighted by Gasteiger charge is -2.15. The van der Waals surface area contributed by atoms with Gasteiger partial charge in [0.1, 0.15) is 11.9 Å². The van der Waals surface area contributed by atoms with Crippen molar-refractivity contribution in [2.75, 3.05) is 0 Å². The fraction of sp³-hybridized carbons (Fsp3) is 0.250. The molecule has 14 heavy (non-hydrogen) atoms. The molecule has 0 heterocycles. The number of hydrogen-bond acceptors (Lipinski definition) is 1. The van der Waals surface area contributed by atoms with Crippen LogP contribution in [0.2, 0.25) is 0 Å². The third-order valence-electron chi connectivity index (χ3n) is 1.59. The van der Waals surface area contributed by atoms with Crippen LogP contribution in [0.1, 0.15) is 11.6 Å². The van der Waals surface area contributed by atoms with E-state index >= 15 is 0 Å². The predicted molar refractivity (Wildman–Crippen MR) is 46.6 cm³/mol. The highest BCUT2D eigenvalue weighted by Gasteiger charge is 2.39. The second-order valence-corrected chi connectivity index (χ2v) is 2.54. The normalized spacial score (nSPS) is 13.2. The van der Waals surface area contributed by atoms with E-state index in [-0.39, 0.29) is 12.4 Å². The molecule has 0 aromatic heterocycles. The maximum absolute atomic E-state index is 12.8. The molecule has 0 amide bonds. The van der Waals surface area contributed by atoms with Crippen molar-refractivity contribution in [2.45, 2.75) is 12.2 Å². The zero-order valence-corrected chi connectivity index (χ0v) is 7.70. The van der Waals surface area contributed by atoms with E-state index in [9.17, 15) is 17.6 Å². The van der Waals surface area contributed by atoms with Crippen molar-refractivity contribution in [1.82, 2.24) is 0 Å². The minimum atomic E-state index is -4.61. The van der Waals surface area contributed by atoms with Gasteiger partial charge in [-0.05, 0) is 6.07 Å². The summed E-state index contributed by atoms with van der Waals surface area (Å²) < 4.78 is 48.9. The number of halogens is 5. The Hall–Kier alpha value is -0.810. The number of benzene rings is 1. The van der Waals surface area contributed by atoms with Gasteiger partial charge in [0.15, 0.2) is 0 Å². The van der Waals surface area contributed by atoms with E-state index in [1.807, 2.05) is 0 Å². The summed E-state index contributed by atoms with van der Waals surface area (Å²) in [5.41, 5.74) is 4.28. The molecule has 0 bridgehead atoms. The molecule has 0 aliphatic rings. The van der Waals surface area contributed by atoms with Gasteiger partial charge in [0, 0.05) is 5.56 Å². The Morgan fingerprint density at radius 3 is 2.07 bits per heavy atom. The average molecular weight is 230 g/mol. The largest absolute Gasteiger partial charge is 0.407 e. The van der Waals surface area contributed by atoms with Gasteiger partial charge in [0.05, 0.1) is 0 Å². The van der Waals surface area contributed by atoms with Gasteiger partial charge >= 0.3 is 6.18 Å². The van der Waals surface area contributed by atoms with Crippen LogP contribution in [-0.4, -0.2) is 6.18 Å². The number of nitrogens with two attached hydrogens (primary N) is 1. The van der Waals surface area contributed by atoms with Gasteiger partial charge in [-0.1, -0.05) is 18.2 Å². The molecular weight excluding hydrogens is 222 g/mol. The molecule has 0 aliphatic heterocycles. The molecule has 6 heteroatoms. The Bertz CT molecular complexity index is 300. The maximum atomic E-state index is 12.8. The van der Waals surface area contributed by atoms with Crippen molar-refractivity contribution >= 4 is 12.4 Å². The van der Waals surface area contributed by atoms with Crippen LogP contribution in [-0.2, 0) is 0 Å². The first-order valence-electron chi connectivity index (χ1n) is 3.49. The van der Waals surface area contributed by atoms with Crippen LogP contribution in [0.15, 0.2) is 24.3 Å². The summed E-state index contributed by atoms with van der Waals surface area (Å²) in [7, 11) is 0. The first kappa shape index (κ1) is 13.2. The zero-order chi connectivity index (χ0) is 10.1. The molecule has 1 atom stereocenters. The van der Waals surface area contributed by atoms with E-state index in [1.165, 1.54) is 12.1 Å². The molecule has 0 unspecified atom stereocenters. The van der Waals surface area contributed by atoms with Crippen molar-refractivity contribution in [1.29, 1.82) is 0 Å². The van der Waals surface area contributed by atoms with Crippen molar-refractivity contribution in [2.24, 2.45) is 5.73 Å². The SMILES string of the molecule is Cl.N[C@H](c1ccccc1F)C(F)(F)F. The Kier molecular flexibility index (Phi) is 4.35. The lowest BCUT2D eigenvalue weighted by molar-refractivity contribution is -0.149. The minimum absolute atomic E-state index is 0. The topological polar surface area (TPSA) is 26.0 Å². The minimum Gasteiger partial charge on any atom is -0.316 e. The van der Waals surface area contributed by atoms with E-state index in [4.69, 9.17) is 5.73 Å². The lowest BCUT2D eigenvalue weighted by Crippen LogP contribution is -2.29. The summed E-state index contributed by atoms with van der Waals surface area (Å²) in [6.07, 6.45) is -4.61. The third kappa shape index (κ3) is 2.85. The predicted octanol–water partition coefficient (Wildman–Crippen LogP) is 2.81. The standard InChI is InChI=1S/C8H7F4N.ClH/c9-6-4-2-1-3-5(6)7(13)8(10,11)12;/h1-4,7H,13H2;1H/t7-;/m1./s1. The summed E-state index contributed by atoms with van der Waals surface area (Å²) >= 11 is 0. The molecule has 1 nitrogen and oxygen atoms in total. The van der Waals surface area contributed by atoms with Crippen LogP contribution in [0, 0.1) is 5.82 Å². The molecule has 1 rings (SSSR count). The molecule has 0 saturated heterocycles. The van der Waals surface area contributed by atoms with Gasteiger partial charge in [-0.15, -0.1) is 12.4 Å². The highest BCUT2D eigenvalue weighted by atomic mass is 35.5. The molecule has 1 aromatic carbocycles. The van der Waals surface area contributed by atoms with Gasteiger partial charge in [-0.3, -0.25) is 0 Å². The molecule has 2 N–H and O–H groups in total. The van der Waals surface area contributed by atoms with Crippen LogP contribution in [0.3, 0.4) is 0 Å². The smallest absolute Gasteiger partial charge is 0.316 e. The van der Waals surface area contributed by atoms with Crippen LogP contribution < -0.4 is 5.73 Å². The first-order valence-corrected chi connectivity index (χ1v) is 3.49. The van der Waals surface area contributed by atoms with Gasteiger partial charge in [0.2, 0.25) is 0 Å². The molecule has 1 aromatic rings. The van der Waals surface area contributed by atoms with Crippen molar-refractivity contribution in [3.63, 3.8) is 0 Å². The monoisotopic (exact) mass is 229 g/mol. The van der Waals surface area contributed by atoms with E-state index < -0.39 is 23.6 Å².